The lowest BCUT2D eigenvalue weighted by Gasteiger charge is -2.06. The maximum atomic E-state index is 11.4. The van der Waals surface area contributed by atoms with Gasteiger partial charge in [-0.2, -0.15) is 0 Å². The van der Waals surface area contributed by atoms with Gasteiger partial charge in [-0.3, -0.25) is 0 Å². The fourth-order valence-electron chi connectivity index (χ4n) is 2.39. The predicted molar refractivity (Wildman–Crippen MR) is 86.9 cm³/mol. The Balaban J connectivity index is 3.46. The molecule has 0 saturated heterocycles. The first-order chi connectivity index (χ1) is 9.63. The summed E-state index contributed by atoms with van der Waals surface area (Å²) in [7, 11) is 1.44. The Bertz CT molecular complexity index is 279. The van der Waals surface area contributed by atoms with Gasteiger partial charge in [0.05, 0.1) is 7.11 Å². The van der Waals surface area contributed by atoms with E-state index in [0.29, 0.717) is 0 Å². The van der Waals surface area contributed by atoms with Crippen molar-refractivity contribution in [2.24, 2.45) is 0 Å². The molecule has 118 valence electrons. The van der Waals surface area contributed by atoms with Gasteiger partial charge in [0.15, 0.2) is 0 Å². The molecule has 0 unspecified atom stereocenters. The summed E-state index contributed by atoms with van der Waals surface area (Å²) in [6, 6.07) is 0. The van der Waals surface area contributed by atoms with Crippen LogP contribution in [0.4, 0.5) is 0 Å². The Kier molecular flexibility index (Phi) is 12.7. The van der Waals surface area contributed by atoms with Gasteiger partial charge in [0.1, 0.15) is 0 Å². The maximum absolute atomic E-state index is 11.4. The summed E-state index contributed by atoms with van der Waals surface area (Å²) in [5, 5.41) is 0. The van der Waals surface area contributed by atoms with Crippen molar-refractivity contribution in [1.82, 2.24) is 0 Å². The molecule has 2 heteroatoms. The van der Waals surface area contributed by atoms with Crippen LogP contribution in [0.15, 0.2) is 11.1 Å². The Hall–Kier alpha value is -0.790. The molecule has 20 heavy (non-hydrogen) atoms. The Morgan fingerprint density at radius 2 is 1.25 bits per heavy atom. The molecule has 0 aromatic rings. The molecule has 0 aromatic carbocycles. The highest BCUT2D eigenvalue weighted by molar-refractivity contribution is 5.88. The van der Waals surface area contributed by atoms with Crippen molar-refractivity contribution in [3.05, 3.63) is 11.1 Å². The van der Waals surface area contributed by atoms with Crippen molar-refractivity contribution < 1.29 is 9.53 Å². The van der Waals surface area contributed by atoms with Crippen LogP contribution in [0.3, 0.4) is 0 Å². The molecule has 0 N–H and O–H groups in total. The summed E-state index contributed by atoms with van der Waals surface area (Å²) in [6.45, 7) is 6.16. The number of esters is 1. The number of carbonyl (C=O) groups is 1. The Morgan fingerprint density at radius 1 is 0.800 bits per heavy atom. The maximum Gasteiger partial charge on any atom is 0.333 e. The molecule has 0 spiro atoms. The van der Waals surface area contributed by atoms with Crippen LogP contribution in [0.25, 0.3) is 0 Å². The van der Waals surface area contributed by atoms with Crippen molar-refractivity contribution >= 4 is 5.97 Å². The number of methoxy groups -OCH3 is 1. The third-order valence-electron chi connectivity index (χ3n) is 4.04. The number of hydrogen-bond donors (Lipinski definition) is 0. The third-order valence-corrected chi connectivity index (χ3v) is 4.04. The van der Waals surface area contributed by atoms with E-state index in [2.05, 4.69) is 6.92 Å². The van der Waals surface area contributed by atoms with E-state index >= 15 is 0 Å². The van der Waals surface area contributed by atoms with Gasteiger partial charge in [-0.05, 0) is 26.7 Å². The van der Waals surface area contributed by atoms with E-state index in [1.807, 2.05) is 13.8 Å². The molecule has 0 rings (SSSR count). The Morgan fingerprint density at radius 3 is 1.70 bits per heavy atom. The average Bonchev–Trinajstić information content (AvgIpc) is 2.47. The second kappa shape index (κ2) is 13.2. The summed E-state index contributed by atoms with van der Waals surface area (Å²) in [6.07, 6.45) is 14.5. The van der Waals surface area contributed by atoms with E-state index in [4.69, 9.17) is 4.74 Å². The first-order valence-electron chi connectivity index (χ1n) is 8.38. The first kappa shape index (κ1) is 19.2. The molecular formula is C18H34O2. The first-order valence-corrected chi connectivity index (χ1v) is 8.38. The smallest absolute Gasteiger partial charge is 0.333 e. The molecule has 0 bridgehead atoms. The standard InChI is InChI=1S/C18H34O2/c1-5-6-7-8-9-10-11-12-13-14-15-16(2)17(3)18(19)20-4/h5-15H2,1-4H3. The van der Waals surface area contributed by atoms with Crippen molar-refractivity contribution in [2.45, 2.75) is 91.4 Å². The quantitative estimate of drug-likeness (QED) is 0.256. The molecule has 0 aliphatic rings. The van der Waals surface area contributed by atoms with Crippen molar-refractivity contribution in [2.75, 3.05) is 7.11 Å². The lowest BCUT2D eigenvalue weighted by molar-refractivity contribution is -0.136. The minimum Gasteiger partial charge on any atom is -0.466 e. The fraction of sp³-hybridized carbons (Fsp3) is 0.833. The zero-order valence-electron chi connectivity index (χ0n) is 14.1. The zero-order chi connectivity index (χ0) is 15.2. The predicted octanol–water partition coefficient (Wildman–Crippen LogP) is 5.81. The van der Waals surface area contributed by atoms with Crippen LogP contribution in [0.2, 0.25) is 0 Å². The summed E-state index contributed by atoms with van der Waals surface area (Å²) in [5.41, 5.74) is 1.96. The number of ether oxygens (including phenoxy) is 1. The highest BCUT2D eigenvalue weighted by Crippen LogP contribution is 2.16. The van der Waals surface area contributed by atoms with E-state index < -0.39 is 0 Å². The normalized spacial score (nSPS) is 12.2. The van der Waals surface area contributed by atoms with Gasteiger partial charge in [-0.1, -0.05) is 70.3 Å². The fourth-order valence-corrected chi connectivity index (χ4v) is 2.39. The van der Waals surface area contributed by atoms with Crippen LogP contribution < -0.4 is 0 Å². The monoisotopic (exact) mass is 282 g/mol. The lowest BCUT2D eigenvalue weighted by Crippen LogP contribution is -2.03. The van der Waals surface area contributed by atoms with E-state index in [1.165, 1.54) is 76.9 Å². The molecule has 0 saturated carbocycles. The molecule has 0 heterocycles. The van der Waals surface area contributed by atoms with Crippen LogP contribution >= 0.6 is 0 Å². The van der Waals surface area contributed by atoms with E-state index in [1.54, 1.807) is 0 Å². The SMILES string of the molecule is CCCCCCCCCCCCC(C)=C(C)C(=O)OC. The van der Waals surface area contributed by atoms with Gasteiger partial charge in [0.25, 0.3) is 0 Å². The minimum atomic E-state index is -0.186. The van der Waals surface area contributed by atoms with E-state index in [9.17, 15) is 4.79 Å². The molecule has 0 aliphatic heterocycles. The zero-order valence-corrected chi connectivity index (χ0v) is 14.1. The average molecular weight is 282 g/mol. The third kappa shape index (κ3) is 10.1. The molecule has 0 radical (unpaired) electrons. The van der Waals surface area contributed by atoms with Gasteiger partial charge in [0.2, 0.25) is 0 Å². The lowest BCUT2D eigenvalue weighted by atomic mass is 10.0. The molecule has 0 aromatic heterocycles. The van der Waals surface area contributed by atoms with Gasteiger partial charge in [-0.25, -0.2) is 4.79 Å². The summed E-state index contributed by atoms with van der Waals surface area (Å²) in [5.74, 6) is -0.186. The molecule has 0 amide bonds. The van der Waals surface area contributed by atoms with Crippen LogP contribution in [0, 0.1) is 0 Å². The topological polar surface area (TPSA) is 26.3 Å². The van der Waals surface area contributed by atoms with E-state index in [-0.39, 0.29) is 5.97 Å². The molecule has 0 atom stereocenters. The van der Waals surface area contributed by atoms with E-state index in [0.717, 1.165) is 12.0 Å². The molecule has 0 aliphatic carbocycles. The highest BCUT2D eigenvalue weighted by atomic mass is 16.5. The van der Waals surface area contributed by atoms with Gasteiger partial charge >= 0.3 is 5.97 Å². The van der Waals surface area contributed by atoms with Crippen LogP contribution in [-0.4, -0.2) is 13.1 Å². The van der Waals surface area contributed by atoms with Crippen LogP contribution in [0.5, 0.6) is 0 Å². The molecular weight excluding hydrogens is 248 g/mol. The number of carbonyl (C=O) groups excluding carboxylic acids is 1. The highest BCUT2D eigenvalue weighted by Gasteiger charge is 2.06. The number of hydrogen-bond acceptors (Lipinski definition) is 2. The summed E-state index contributed by atoms with van der Waals surface area (Å²) >= 11 is 0. The van der Waals surface area contributed by atoms with Crippen molar-refractivity contribution in [3.8, 4) is 0 Å². The summed E-state index contributed by atoms with van der Waals surface area (Å²) < 4.78 is 4.74. The Labute approximate surface area is 126 Å². The summed E-state index contributed by atoms with van der Waals surface area (Å²) in [4.78, 5) is 11.4. The second-order valence-corrected chi connectivity index (χ2v) is 5.83. The van der Waals surface area contributed by atoms with Gasteiger partial charge < -0.3 is 4.74 Å². The van der Waals surface area contributed by atoms with Crippen LogP contribution in [-0.2, 0) is 9.53 Å². The van der Waals surface area contributed by atoms with Gasteiger partial charge in [0, 0.05) is 5.57 Å². The second-order valence-electron chi connectivity index (χ2n) is 5.83. The van der Waals surface area contributed by atoms with Gasteiger partial charge in [-0.15, -0.1) is 0 Å². The number of allylic oxidation sites excluding steroid dienone is 1. The van der Waals surface area contributed by atoms with Crippen molar-refractivity contribution in [1.29, 1.82) is 0 Å². The number of unbranched alkanes of at least 4 members (excludes halogenated alkanes) is 9. The molecule has 0 fully saturated rings. The largest absolute Gasteiger partial charge is 0.466 e. The van der Waals surface area contributed by atoms with Crippen LogP contribution in [0.1, 0.15) is 91.4 Å². The minimum absolute atomic E-state index is 0.186. The van der Waals surface area contributed by atoms with Crippen molar-refractivity contribution in [3.63, 3.8) is 0 Å². The molecule has 2 nitrogen and oxygen atoms in total. The number of rotatable bonds is 12.